The van der Waals surface area contributed by atoms with Gasteiger partial charge in [-0.15, -0.1) is 0 Å². The third-order valence-electron chi connectivity index (χ3n) is 5.70. The number of halogens is 1. The van der Waals surface area contributed by atoms with Crippen LogP contribution >= 0.6 is 15.9 Å². The molecule has 0 aliphatic heterocycles. The maximum atomic E-state index is 11.7. The quantitative estimate of drug-likeness (QED) is 0.150. The second-order valence-corrected chi connectivity index (χ2v) is 9.78. The van der Waals surface area contributed by atoms with E-state index in [-0.39, 0.29) is 11.9 Å². The van der Waals surface area contributed by atoms with Gasteiger partial charge in [-0.2, -0.15) is 0 Å². The zero-order valence-electron chi connectivity index (χ0n) is 25.4. The van der Waals surface area contributed by atoms with Crippen molar-refractivity contribution in [1.29, 1.82) is 0 Å². The second kappa shape index (κ2) is 20.0. The molecule has 44 heavy (non-hydrogen) atoms. The monoisotopic (exact) mass is 664 g/mol. The molecule has 4 aromatic rings. The van der Waals surface area contributed by atoms with Crippen LogP contribution in [0.4, 0.5) is 0 Å². The lowest BCUT2D eigenvalue weighted by molar-refractivity contribution is 0.0516. The molecule has 0 aliphatic rings. The third kappa shape index (κ3) is 12.6. The van der Waals surface area contributed by atoms with Gasteiger partial charge in [-0.1, -0.05) is 58.4 Å². The molecule has 0 fully saturated rings. The Labute approximate surface area is 267 Å². The van der Waals surface area contributed by atoms with Gasteiger partial charge >= 0.3 is 19.1 Å². The fourth-order valence-electron chi connectivity index (χ4n) is 3.68. The van der Waals surface area contributed by atoms with E-state index in [1.165, 1.54) is 0 Å². The van der Waals surface area contributed by atoms with Gasteiger partial charge in [-0.05, 0) is 98.9 Å². The molecule has 0 amide bonds. The molecule has 0 saturated heterocycles. The van der Waals surface area contributed by atoms with Crippen molar-refractivity contribution in [1.82, 2.24) is 0 Å². The van der Waals surface area contributed by atoms with Crippen LogP contribution in [0.15, 0.2) is 102 Å². The minimum Gasteiger partial charge on any atom is -0.494 e. The Hall–Kier alpha value is -4.12. The van der Waals surface area contributed by atoms with Crippen molar-refractivity contribution in [3.63, 3.8) is 0 Å². The number of hydrogen-bond donors (Lipinski definition) is 2. The lowest BCUT2D eigenvalue weighted by Crippen LogP contribution is -2.29. The molecule has 0 spiro atoms. The van der Waals surface area contributed by atoms with E-state index in [4.69, 9.17) is 29.0 Å². The highest BCUT2D eigenvalue weighted by Gasteiger charge is 2.10. The lowest BCUT2D eigenvalue weighted by Gasteiger charge is -2.07. The van der Waals surface area contributed by atoms with Crippen LogP contribution in [0.2, 0.25) is 0 Å². The van der Waals surface area contributed by atoms with Gasteiger partial charge in [0.1, 0.15) is 11.5 Å². The molecule has 0 saturated carbocycles. The Morgan fingerprint density at radius 2 is 1.09 bits per heavy atom. The maximum absolute atomic E-state index is 11.7. The summed E-state index contributed by atoms with van der Waals surface area (Å²) < 4.78 is 21.3. The summed E-state index contributed by atoms with van der Waals surface area (Å²) in [7, 11) is -1.40. The molecular weight excluding hydrogens is 627 g/mol. The predicted molar refractivity (Wildman–Crippen MR) is 177 cm³/mol. The summed E-state index contributed by atoms with van der Waals surface area (Å²) in [6.45, 7) is 9.49. The normalized spacial score (nSPS) is 9.80. The molecule has 0 radical (unpaired) electrons. The second-order valence-electron chi connectivity index (χ2n) is 8.87. The van der Waals surface area contributed by atoms with E-state index < -0.39 is 7.12 Å². The van der Waals surface area contributed by atoms with Crippen molar-refractivity contribution in [3.05, 3.63) is 113 Å². The third-order valence-corrected chi connectivity index (χ3v) is 6.19. The molecular formula is C34H38BBrO8. The van der Waals surface area contributed by atoms with E-state index in [1.54, 1.807) is 62.4 Å². The molecule has 4 aromatic carbocycles. The molecule has 0 heterocycles. The van der Waals surface area contributed by atoms with Crippen molar-refractivity contribution in [2.45, 2.75) is 27.7 Å². The van der Waals surface area contributed by atoms with Crippen molar-refractivity contribution in [3.8, 4) is 22.6 Å². The highest BCUT2D eigenvalue weighted by molar-refractivity contribution is 9.10. The largest absolute Gasteiger partial charge is 0.494 e. The fourth-order valence-corrected chi connectivity index (χ4v) is 4.08. The smallest absolute Gasteiger partial charge is 0.488 e. The van der Waals surface area contributed by atoms with Gasteiger partial charge in [-0.3, -0.25) is 0 Å². The van der Waals surface area contributed by atoms with E-state index in [2.05, 4.69) is 15.9 Å². The number of ether oxygens (including phenoxy) is 4. The number of carbonyl (C=O) groups is 2. The van der Waals surface area contributed by atoms with Crippen LogP contribution in [-0.2, 0) is 9.47 Å². The van der Waals surface area contributed by atoms with E-state index in [9.17, 15) is 9.59 Å². The van der Waals surface area contributed by atoms with Crippen LogP contribution in [0.1, 0.15) is 48.4 Å². The van der Waals surface area contributed by atoms with Crippen LogP contribution in [0.25, 0.3) is 11.1 Å². The van der Waals surface area contributed by atoms with Crippen LogP contribution in [0.5, 0.6) is 11.5 Å². The Morgan fingerprint density at radius 1 is 0.614 bits per heavy atom. The highest BCUT2D eigenvalue weighted by atomic mass is 79.9. The van der Waals surface area contributed by atoms with Crippen LogP contribution in [-0.4, -0.2) is 55.5 Å². The zero-order valence-corrected chi connectivity index (χ0v) is 27.0. The number of carbonyl (C=O) groups excluding carboxylic acids is 2. The Balaban J connectivity index is 0.000000244. The van der Waals surface area contributed by atoms with Gasteiger partial charge in [0.25, 0.3) is 0 Å². The molecule has 0 unspecified atom stereocenters. The highest BCUT2D eigenvalue weighted by Crippen LogP contribution is 2.23. The minimum absolute atomic E-state index is 0.279. The summed E-state index contributed by atoms with van der Waals surface area (Å²) in [5.41, 5.74) is 3.64. The van der Waals surface area contributed by atoms with Gasteiger partial charge in [0.05, 0.1) is 37.6 Å². The molecule has 2 N–H and O–H groups in total. The summed E-state index contributed by atoms with van der Waals surface area (Å²) >= 11 is 3.27. The van der Waals surface area contributed by atoms with Gasteiger partial charge in [0.15, 0.2) is 0 Å². The SMILES string of the molecule is CCOC(=O)c1cccc(-c2ccc(OCC)cc2)c1.CCOC(=O)c1cccc(Br)c1.CCOc1ccc(B(O)O)cc1. The molecule has 0 bridgehead atoms. The first-order valence-corrected chi connectivity index (χ1v) is 15.0. The van der Waals surface area contributed by atoms with Crippen molar-refractivity contribution in [2.24, 2.45) is 0 Å². The first-order chi connectivity index (χ1) is 21.2. The maximum Gasteiger partial charge on any atom is 0.488 e. The van der Waals surface area contributed by atoms with Crippen molar-refractivity contribution in [2.75, 3.05) is 26.4 Å². The van der Waals surface area contributed by atoms with Gasteiger partial charge in [-0.25, -0.2) is 9.59 Å². The molecule has 10 heteroatoms. The van der Waals surface area contributed by atoms with Crippen molar-refractivity contribution < 1.29 is 38.6 Å². The first kappa shape index (κ1) is 36.1. The van der Waals surface area contributed by atoms with E-state index >= 15 is 0 Å². The zero-order chi connectivity index (χ0) is 32.3. The van der Waals surface area contributed by atoms with Crippen LogP contribution < -0.4 is 14.9 Å². The molecule has 232 valence electrons. The number of rotatable bonds is 10. The molecule has 4 rings (SSSR count). The average molecular weight is 665 g/mol. The molecule has 0 atom stereocenters. The first-order valence-electron chi connectivity index (χ1n) is 14.2. The Bertz CT molecular complexity index is 1430. The topological polar surface area (TPSA) is 112 Å². The van der Waals surface area contributed by atoms with Crippen LogP contribution in [0, 0.1) is 0 Å². The van der Waals surface area contributed by atoms with E-state index in [1.807, 2.05) is 62.4 Å². The number of esters is 2. The molecule has 0 aromatic heterocycles. The summed E-state index contributed by atoms with van der Waals surface area (Å²) in [4.78, 5) is 22.9. The summed E-state index contributed by atoms with van der Waals surface area (Å²) in [6, 6.07) is 29.0. The van der Waals surface area contributed by atoms with E-state index in [0.29, 0.717) is 43.0 Å². The average Bonchev–Trinajstić information content (AvgIpc) is 3.03. The van der Waals surface area contributed by atoms with Crippen LogP contribution in [0.3, 0.4) is 0 Å². The fraction of sp³-hybridized carbons (Fsp3) is 0.235. The summed E-state index contributed by atoms with van der Waals surface area (Å²) in [6.07, 6.45) is 0. The Kier molecular flexibility index (Phi) is 16.4. The van der Waals surface area contributed by atoms with E-state index in [0.717, 1.165) is 27.1 Å². The van der Waals surface area contributed by atoms with Gasteiger partial charge in [0.2, 0.25) is 0 Å². The molecule has 8 nitrogen and oxygen atoms in total. The van der Waals surface area contributed by atoms with Gasteiger partial charge < -0.3 is 29.0 Å². The summed E-state index contributed by atoms with van der Waals surface area (Å²) in [5, 5.41) is 17.5. The van der Waals surface area contributed by atoms with Gasteiger partial charge in [0, 0.05) is 4.47 Å². The molecule has 0 aliphatic carbocycles. The minimum atomic E-state index is -1.40. The predicted octanol–water partition coefficient (Wildman–Crippen LogP) is 6.32. The summed E-state index contributed by atoms with van der Waals surface area (Å²) in [5.74, 6) is 1.01. The Morgan fingerprint density at radius 3 is 1.55 bits per heavy atom. The number of benzene rings is 4. The number of hydrogen-bond acceptors (Lipinski definition) is 8. The lowest BCUT2D eigenvalue weighted by atomic mass is 9.80. The standard InChI is InChI=1S/C17H18O3.C9H9BrO2.C8H11BO3/c1-3-19-16-10-8-13(9-11-16)14-6-5-7-15(12-14)17(18)20-4-2;1-2-12-9(11)7-4-3-5-8(10)6-7;1-2-12-8-5-3-7(4-6-8)9(10)11/h5-12H,3-4H2,1-2H3;3-6H,2H2,1H3;3-6,10-11H,2H2,1H3. The van der Waals surface area contributed by atoms with Crippen molar-refractivity contribution >= 4 is 40.4 Å².